The molecule has 0 radical (unpaired) electrons. The van der Waals surface area contributed by atoms with Crippen molar-refractivity contribution in [3.8, 4) is 11.5 Å². The molecule has 0 aliphatic rings. The van der Waals surface area contributed by atoms with E-state index in [0.717, 1.165) is 12.1 Å². The van der Waals surface area contributed by atoms with Crippen molar-refractivity contribution in [3.05, 3.63) is 81.8 Å². The molecule has 3 aromatic carbocycles. The molecule has 38 heavy (non-hydrogen) atoms. The van der Waals surface area contributed by atoms with Crippen molar-refractivity contribution < 1.29 is 41.8 Å². The van der Waals surface area contributed by atoms with Gasteiger partial charge in [-0.25, -0.2) is 4.79 Å². The predicted octanol–water partition coefficient (Wildman–Crippen LogP) is 5.83. The molecule has 2 N–H and O–H groups in total. The van der Waals surface area contributed by atoms with Crippen molar-refractivity contribution in [3.63, 3.8) is 0 Å². The molecule has 0 spiro atoms. The highest BCUT2D eigenvalue weighted by atomic mass is 35.5. The first-order valence-electron chi connectivity index (χ1n) is 10.7. The van der Waals surface area contributed by atoms with Crippen LogP contribution in [0, 0.1) is 0 Å². The van der Waals surface area contributed by atoms with E-state index in [1.807, 2.05) is 0 Å². The Balaban J connectivity index is 1.56. The van der Waals surface area contributed by atoms with E-state index in [9.17, 15) is 27.6 Å². The number of alkyl halides is 3. The zero-order valence-corrected chi connectivity index (χ0v) is 21.0. The number of halogens is 5. The molecule has 200 valence electrons. The molecule has 0 heterocycles. The number of hydrogen-bond acceptors (Lipinski definition) is 6. The Morgan fingerprint density at radius 3 is 2.24 bits per heavy atom. The van der Waals surface area contributed by atoms with Gasteiger partial charge < -0.3 is 24.8 Å². The number of benzene rings is 3. The fourth-order valence-electron chi connectivity index (χ4n) is 3.07. The van der Waals surface area contributed by atoms with E-state index >= 15 is 0 Å². The van der Waals surface area contributed by atoms with Gasteiger partial charge in [0.15, 0.2) is 24.7 Å². The summed E-state index contributed by atoms with van der Waals surface area (Å²) in [6.45, 7) is -1.24. The summed E-state index contributed by atoms with van der Waals surface area (Å²) in [5.41, 5.74) is -1.05. The van der Waals surface area contributed by atoms with Gasteiger partial charge in [-0.05, 0) is 48.5 Å². The molecular weight excluding hydrogens is 552 g/mol. The maximum Gasteiger partial charge on any atom is 0.418 e. The minimum Gasteiger partial charge on any atom is -0.493 e. The van der Waals surface area contributed by atoms with Crippen molar-refractivity contribution in [2.45, 2.75) is 6.18 Å². The standard InChI is InChI=1S/C25H19Cl2F3N2O6/c1-36-21-10-14(24(35)38-13-22(33)31-15-7-8-17(26)18(27)11-15)6-9-20(21)37-12-23(34)32-19-5-3-2-4-16(19)25(28,29)30/h2-11H,12-13H2,1H3,(H,31,33)(H,32,34). The van der Waals surface area contributed by atoms with Crippen LogP contribution in [0.25, 0.3) is 0 Å². The summed E-state index contributed by atoms with van der Waals surface area (Å²) in [4.78, 5) is 36.6. The maximum atomic E-state index is 13.1. The van der Waals surface area contributed by atoms with Gasteiger partial charge in [-0.1, -0.05) is 35.3 Å². The van der Waals surface area contributed by atoms with Crippen molar-refractivity contribution >= 4 is 52.4 Å². The summed E-state index contributed by atoms with van der Waals surface area (Å²) < 4.78 is 54.8. The first kappa shape index (κ1) is 28.6. The Labute approximate surface area is 224 Å². The molecular formula is C25H19Cl2F3N2O6. The van der Waals surface area contributed by atoms with Gasteiger partial charge in [0.1, 0.15) is 0 Å². The van der Waals surface area contributed by atoms with Crippen molar-refractivity contribution in [1.82, 2.24) is 0 Å². The van der Waals surface area contributed by atoms with E-state index in [-0.39, 0.29) is 22.1 Å². The van der Waals surface area contributed by atoms with Crippen LogP contribution < -0.4 is 20.1 Å². The van der Waals surface area contributed by atoms with Crippen LogP contribution in [0.1, 0.15) is 15.9 Å². The lowest BCUT2D eigenvalue weighted by molar-refractivity contribution is -0.137. The maximum absolute atomic E-state index is 13.1. The highest BCUT2D eigenvalue weighted by Crippen LogP contribution is 2.34. The number of ether oxygens (including phenoxy) is 3. The molecule has 3 aromatic rings. The summed E-state index contributed by atoms with van der Waals surface area (Å²) in [5.74, 6) is -2.23. The van der Waals surface area contributed by atoms with E-state index in [1.54, 1.807) is 0 Å². The molecule has 3 rings (SSSR count). The number of rotatable bonds is 9. The molecule has 0 unspecified atom stereocenters. The number of amides is 2. The number of nitrogens with one attached hydrogen (secondary N) is 2. The van der Waals surface area contributed by atoms with Gasteiger partial charge in [0.05, 0.1) is 34.0 Å². The third-order valence-corrected chi connectivity index (χ3v) is 5.54. The molecule has 0 aromatic heterocycles. The van der Waals surface area contributed by atoms with Crippen LogP contribution in [-0.4, -0.2) is 38.1 Å². The molecule has 0 atom stereocenters. The molecule has 8 nitrogen and oxygen atoms in total. The summed E-state index contributed by atoms with van der Waals surface area (Å²) >= 11 is 11.7. The van der Waals surface area contributed by atoms with Crippen LogP contribution in [0.2, 0.25) is 10.0 Å². The Kier molecular flexibility index (Phi) is 9.43. The van der Waals surface area contributed by atoms with E-state index < -0.39 is 48.4 Å². The lowest BCUT2D eigenvalue weighted by Gasteiger charge is -2.15. The number of carbonyl (C=O) groups is 3. The molecule has 0 aliphatic carbocycles. The summed E-state index contributed by atoms with van der Waals surface area (Å²) in [7, 11) is 1.28. The third-order valence-electron chi connectivity index (χ3n) is 4.80. The lowest BCUT2D eigenvalue weighted by Crippen LogP contribution is -2.22. The van der Waals surface area contributed by atoms with Gasteiger partial charge in [-0.3, -0.25) is 9.59 Å². The number of esters is 1. The van der Waals surface area contributed by atoms with E-state index in [4.69, 9.17) is 37.4 Å². The van der Waals surface area contributed by atoms with Crippen molar-refractivity contribution in [2.24, 2.45) is 0 Å². The molecule has 2 amide bonds. The average Bonchev–Trinajstić information content (AvgIpc) is 2.87. The topological polar surface area (TPSA) is 103 Å². The van der Waals surface area contributed by atoms with E-state index in [0.29, 0.717) is 10.7 Å². The smallest absolute Gasteiger partial charge is 0.418 e. The predicted molar refractivity (Wildman–Crippen MR) is 134 cm³/mol. The molecule has 13 heteroatoms. The lowest BCUT2D eigenvalue weighted by atomic mass is 10.1. The van der Waals surface area contributed by atoms with Gasteiger partial charge in [-0.15, -0.1) is 0 Å². The minimum absolute atomic E-state index is 0.0140. The van der Waals surface area contributed by atoms with Gasteiger partial charge in [-0.2, -0.15) is 13.2 Å². The largest absolute Gasteiger partial charge is 0.493 e. The van der Waals surface area contributed by atoms with Crippen LogP contribution in [-0.2, 0) is 20.5 Å². The van der Waals surface area contributed by atoms with Gasteiger partial charge >= 0.3 is 12.1 Å². The molecule has 0 fully saturated rings. The summed E-state index contributed by atoms with van der Waals surface area (Å²) in [6.07, 6.45) is -4.65. The summed E-state index contributed by atoms with van der Waals surface area (Å²) in [5, 5.41) is 5.20. The first-order valence-corrected chi connectivity index (χ1v) is 11.4. The van der Waals surface area contributed by atoms with E-state index in [2.05, 4.69) is 10.6 Å². The normalized spacial score (nSPS) is 10.9. The summed E-state index contributed by atoms with van der Waals surface area (Å²) in [6, 6.07) is 12.8. The van der Waals surface area contributed by atoms with Crippen molar-refractivity contribution in [2.75, 3.05) is 31.0 Å². The zero-order valence-electron chi connectivity index (χ0n) is 19.5. The SMILES string of the molecule is COc1cc(C(=O)OCC(=O)Nc2ccc(Cl)c(Cl)c2)ccc1OCC(=O)Nc1ccccc1C(F)(F)F. The zero-order chi connectivity index (χ0) is 27.9. The van der Waals surface area contributed by atoms with Crippen LogP contribution in [0.4, 0.5) is 24.5 Å². The second kappa shape index (κ2) is 12.5. The van der Waals surface area contributed by atoms with Gasteiger partial charge in [0.2, 0.25) is 0 Å². The Hall–Kier alpha value is -3.96. The third kappa shape index (κ3) is 7.77. The quantitative estimate of drug-likeness (QED) is 0.313. The Morgan fingerprint density at radius 2 is 1.55 bits per heavy atom. The average molecular weight is 571 g/mol. The molecule has 0 aliphatic heterocycles. The Bertz CT molecular complexity index is 1350. The minimum atomic E-state index is -4.65. The van der Waals surface area contributed by atoms with E-state index in [1.165, 1.54) is 55.6 Å². The molecule has 0 bridgehead atoms. The fraction of sp³-hybridized carbons (Fsp3) is 0.160. The number of carbonyl (C=O) groups excluding carboxylic acids is 3. The fourth-order valence-corrected chi connectivity index (χ4v) is 3.37. The second-order valence-corrected chi connectivity index (χ2v) is 8.31. The number of para-hydroxylation sites is 1. The number of hydrogen-bond donors (Lipinski definition) is 2. The molecule has 0 saturated carbocycles. The van der Waals surface area contributed by atoms with Crippen LogP contribution in [0.3, 0.4) is 0 Å². The van der Waals surface area contributed by atoms with Gasteiger partial charge in [0, 0.05) is 5.69 Å². The highest BCUT2D eigenvalue weighted by molar-refractivity contribution is 6.42. The van der Waals surface area contributed by atoms with Crippen LogP contribution >= 0.6 is 23.2 Å². The van der Waals surface area contributed by atoms with Crippen LogP contribution in [0.5, 0.6) is 11.5 Å². The number of anilines is 2. The number of methoxy groups -OCH3 is 1. The van der Waals surface area contributed by atoms with Crippen molar-refractivity contribution in [1.29, 1.82) is 0 Å². The second-order valence-electron chi connectivity index (χ2n) is 7.50. The Morgan fingerprint density at radius 1 is 0.842 bits per heavy atom. The highest BCUT2D eigenvalue weighted by Gasteiger charge is 2.33. The van der Waals surface area contributed by atoms with Gasteiger partial charge in [0.25, 0.3) is 11.8 Å². The van der Waals surface area contributed by atoms with Crippen LogP contribution in [0.15, 0.2) is 60.7 Å². The molecule has 0 saturated heterocycles. The monoisotopic (exact) mass is 570 g/mol. The first-order chi connectivity index (χ1) is 18.0.